The van der Waals surface area contributed by atoms with Crippen LogP contribution in [-0.4, -0.2) is 22.4 Å². The highest BCUT2D eigenvalue weighted by Crippen LogP contribution is 2.54. The SMILES string of the molecule is CC1=C2C[C@](O)(C3=C(C)CC[C@H]3[C@H](C)CCO)C[C@H](C)[C@@H]2CC1. The standard InChI is InChI=1S/C21H34O2/c1-13-5-7-17-16(4)11-21(23,12-19(13)17)20-15(3)6-8-18(20)14(2)9-10-22/h14,16-18,22-23H,5-12H2,1-4H3/t14-,16+,17+,18+,21+/m1/s1. The lowest BCUT2D eigenvalue weighted by atomic mass is 9.64. The third-order valence-electron chi connectivity index (χ3n) is 7.09. The van der Waals surface area contributed by atoms with E-state index in [1.807, 2.05) is 0 Å². The van der Waals surface area contributed by atoms with Gasteiger partial charge in [0.1, 0.15) is 0 Å². The molecule has 0 bridgehead atoms. The highest BCUT2D eigenvalue weighted by Gasteiger charge is 2.48. The van der Waals surface area contributed by atoms with E-state index < -0.39 is 5.60 Å². The maximum absolute atomic E-state index is 11.7. The van der Waals surface area contributed by atoms with Crippen LogP contribution in [0.3, 0.4) is 0 Å². The molecular formula is C21H34O2. The van der Waals surface area contributed by atoms with Crippen molar-refractivity contribution >= 4 is 0 Å². The van der Waals surface area contributed by atoms with Gasteiger partial charge in [-0.2, -0.15) is 0 Å². The third kappa shape index (κ3) is 2.93. The van der Waals surface area contributed by atoms with E-state index in [0.29, 0.717) is 23.7 Å². The molecule has 0 amide bonds. The molecule has 0 aromatic rings. The first-order valence-corrected chi connectivity index (χ1v) is 9.59. The lowest BCUT2D eigenvalue weighted by Gasteiger charge is -2.44. The smallest absolute Gasteiger partial charge is 0.0901 e. The minimum Gasteiger partial charge on any atom is -0.396 e. The van der Waals surface area contributed by atoms with Crippen molar-refractivity contribution in [3.05, 3.63) is 22.3 Å². The fourth-order valence-corrected chi connectivity index (χ4v) is 5.88. The molecule has 1 fully saturated rings. The summed E-state index contributed by atoms with van der Waals surface area (Å²) < 4.78 is 0. The van der Waals surface area contributed by atoms with Gasteiger partial charge in [-0.3, -0.25) is 0 Å². The summed E-state index contributed by atoms with van der Waals surface area (Å²) in [5.74, 6) is 2.21. The van der Waals surface area contributed by atoms with Gasteiger partial charge in [0, 0.05) is 13.0 Å². The topological polar surface area (TPSA) is 40.5 Å². The number of aliphatic hydroxyl groups is 2. The fourth-order valence-electron chi connectivity index (χ4n) is 5.88. The first-order valence-electron chi connectivity index (χ1n) is 9.59. The first kappa shape index (κ1) is 17.2. The minimum absolute atomic E-state index is 0.255. The zero-order valence-electron chi connectivity index (χ0n) is 15.4. The summed E-state index contributed by atoms with van der Waals surface area (Å²) >= 11 is 0. The Morgan fingerprint density at radius 3 is 2.57 bits per heavy atom. The number of fused-ring (bicyclic) bond motifs is 1. The van der Waals surface area contributed by atoms with E-state index in [1.165, 1.54) is 29.6 Å². The van der Waals surface area contributed by atoms with Crippen LogP contribution in [0.15, 0.2) is 22.3 Å². The van der Waals surface area contributed by atoms with E-state index in [4.69, 9.17) is 0 Å². The Morgan fingerprint density at radius 1 is 1.17 bits per heavy atom. The molecule has 0 spiro atoms. The fraction of sp³-hybridized carbons (Fsp3) is 0.810. The van der Waals surface area contributed by atoms with Crippen molar-refractivity contribution in [3.63, 3.8) is 0 Å². The van der Waals surface area contributed by atoms with Crippen LogP contribution in [-0.2, 0) is 0 Å². The van der Waals surface area contributed by atoms with Crippen LogP contribution in [0.2, 0.25) is 0 Å². The molecule has 2 nitrogen and oxygen atoms in total. The Morgan fingerprint density at radius 2 is 1.87 bits per heavy atom. The van der Waals surface area contributed by atoms with Gasteiger partial charge in [0.15, 0.2) is 0 Å². The van der Waals surface area contributed by atoms with E-state index in [2.05, 4.69) is 27.7 Å². The Bertz CT molecular complexity index is 530. The molecule has 5 atom stereocenters. The maximum Gasteiger partial charge on any atom is 0.0901 e. The third-order valence-corrected chi connectivity index (χ3v) is 7.09. The summed E-state index contributed by atoms with van der Waals surface area (Å²) in [5, 5.41) is 21.0. The Balaban J connectivity index is 1.92. The second-order valence-corrected chi connectivity index (χ2v) is 8.67. The van der Waals surface area contributed by atoms with E-state index in [1.54, 1.807) is 5.57 Å². The molecule has 2 heteroatoms. The molecule has 130 valence electrons. The van der Waals surface area contributed by atoms with Gasteiger partial charge >= 0.3 is 0 Å². The molecule has 0 aliphatic heterocycles. The number of aliphatic hydroxyl groups excluding tert-OH is 1. The summed E-state index contributed by atoms with van der Waals surface area (Å²) in [6.45, 7) is 9.34. The average molecular weight is 319 g/mol. The quantitative estimate of drug-likeness (QED) is 0.743. The van der Waals surface area contributed by atoms with Crippen molar-refractivity contribution in [1.29, 1.82) is 0 Å². The van der Waals surface area contributed by atoms with Crippen molar-refractivity contribution in [2.24, 2.45) is 23.7 Å². The lowest BCUT2D eigenvalue weighted by Crippen LogP contribution is -2.43. The van der Waals surface area contributed by atoms with Gasteiger partial charge in [0.05, 0.1) is 5.60 Å². The molecule has 0 unspecified atom stereocenters. The molecule has 0 aromatic heterocycles. The highest BCUT2D eigenvalue weighted by atomic mass is 16.3. The zero-order chi connectivity index (χ0) is 16.8. The summed E-state index contributed by atoms with van der Waals surface area (Å²) in [4.78, 5) is 0. The highest BCUT2D eigenvalue weighted by molar-refractivity contribution is 5.37. The molecule has 1 saturated carbocycles. The maximum atomic E-state index is 11.7. The molecule has 3 rings (SSSR count). The number of hydrogen-bond donors (Lipinski definition) is 2. The van der Waals surface area contributed by atoms with Crippen LogP contribution in [0.25, 0.3) is 0 Å². The van der Waals surface area contributed by atoms with E-state index in [9.17, 15) is 10.2 Å². The predicted octanol–water partition coefficient (Wildman–Crippen LogP) is 4.62. The second kappa shape index (κ2) is 6.37. The molecule has 2 N–H and O–H groups in total. The number of hydrogen-bond acceptors (Lipinski definition) is 2. The molecule has 23 heavy (non-hydrogen) atoms. The number of rotatable bonds is 4. The van der Waals surface area contributed by atoms with Crippen LogP contribution >= 0.6 is 0 Å². The van der Waals surface area contributed by atoms with Gasteiger partial charge in [-0.05, 0) is 81.6 Å². The lowest BCUT2D eigenvalue weighted by molar-refractivity contribution is 0.0133. The predicted molar refractivity (Wildman–Crippen MR) is 95.1 cm³/mol. The molecule has 3 aliphatic carbocycles. The normalized spacial score (nSPS) is 39.1. The summed E-state index contributed by atoms with van der Waals surface area (Å²) in [7, 11) is 0. The van der Waals surface area contributed by atoms with Crippen molar-refractivity contribution < 1.29 is 10.2 Å². The monoisotopic (exact) mass is 318 g/mol. The Hall–Kier alpha value is -0.600. The van der Waals surface area contributed by atoms with Gasteiger partial charge in [0.2, 0.25) is 0 Å². The van der Waals surface area contributed by atoms with Crippen LogP contribution < -0.4 is 0 Å². The summed E-state index contributed by atoms with van der Waals surface area (Å²) in [6, 6.07) is 0. The average Bonchev–Trinajstić information content (AvgIpc) is 3.04. The van der Waals surface area contributed by atoms with Gasteiger partial charge in [0.25, 0.3) is 0 Å². The van der Waals surface area contributed by atoms with Crippen LogP contribution in [0.5, 0.6) is 0 Å². The molecule has 0 aromatic carbocycles. The number of allylic oxidation sites excluding steroid dienone is 2. The molecule has 0 radical (unpaired) electrons. The Labute approximate surface area is 141 Å². The van der Waals surface area contributed by atoms with Gasteiger partial charge in [-0.1, -0.05) is 30.6 Å². The summed E-state index contributed by atoms with van der Waals surface area (Å²) in [5.41, 5.74) is 5.23. The molecule has 3 aliphatic rings. The van der Waals surface area contributed by atoms with Crippen LogP contribution in [0.1, 0.15) is 72.6 Å². The van der Waals surface area contributed by atoms with Crippen molar-refractivity contribution in [1.82, 2.24) is 0 Å². The van der Waals surface area contributed by atoms with Crippen LogP contribution in [0, 0.1) is 23.7 Å². The first-order chi connectivity index (χ1) is 10.9. The van der Waals surface area contributed by atoms with E-state index in [-0.39, 0.29) is 6.61 Å². The summed E-state index contributed by atoms with van der Waals surface area (Å²) in [6.07, 6.45) is 7.42. The second-order valence-electron chi connectivity index (χ2n) is 8.67. The van der Waals surface area contributed by atoms with Crippen molar-refractivity contribution in [2.75, 3.05) is 6.61 Å². The molecular weight excluding hydrogens is 284 g/mol. The molecule has 0 saturated heterocycles. The molecule has 0 heterocycles. The zero-order valence-corrected chi connectivity index (χ0v) is 15.4. The van der Waals surface area contributed by atoms with Crippen LogP contribution in [0.4, 0.5) is 0 Å². The largest absolute Gasteiger partial charge is 0.396 e. The van der Waals surface area contributed by atoms with E-state index in [0.717, 1.165) is 32.1 Å². The van der Waals surface area contributed by atoms with Crippen molar-refractivity contribution in [3.8, 4) is 0 Å². The van der Waals surface area contributed by atoms with Gasteiger partial charge in [-0.15, -0.1) is 0 Å². The van der Waals surface area contributed by atoms with Gasteiger partial charge in [-0.25, -0.2) is 0 Å². The Kier molecular flexibility index (Phi) is 4.77. The van der Waals surface area contributed by atoms with Gasteiger partial charge < -0.3 is 10.2 Å². The minimum atomic E-state index is -0.633. The van der Waals surface area contributed by atoms with E-state index >= 15 is 0 Å². The van der Waals surface area contributed by atoms with Crippen molar-refractivity contribution in [2.45, 2.75) is 78.2 Å².